The molecule has 30 heavy (non-hydrogen) atoms. The highest BCUT2D eigenvalue weighted by atomic mass is 16.5. The van der Waals surface area contributed by atoms with Gasteiger partial charge in [-0.05, 0) is 49.8 Å². The van der Waals surface area contributed by atoms with Gasteiger partial charge >= 0.3 is 0 Å². The standard InChI is InChI=1S/C23H28N4O3/c1-15-4-7-19(8-5-15)26-23(28)18-10-17-13-25-27(22(17)24-12-18)14-16-6-9-20(29-2)11-21(16)30-3/h6,9-13,15,19H,4-5,7-8,14H2,1-3H3,(H,26,28). The molecule has 1 aliphatic rings. The second kappa shape index (κ2) is 8.73. The van der Waals surface area contributed by atoms with E-state index in [2.05, 4.69) is 22.3 Å². The Hall–Kier alpha value is -3.09. The van der Waals surface area contributed by atoms with Crippen LogP contribution in [0.4, 0.5) is 0 Å². The number of ether oxygens (including phenoxy) is 2. The van der Waals surface area contributed by atoms with E-state index < -0.39 is 0 Å². The summed E-state index contributed by atoms with van der Waals surface area (Å²) < 4.78 is 12.6. The first kappa shape index (κ1) is 20.2. The van der Waals surface area contributed by atoms with Crippen molar-refractivity contribution in [1.82, 2.24) is 20.1 Å². The molecule has 2 aromatic heterocycles. The molecule has 0 unspecified atom stereocenters. The molecule has 0 aliphatic heterocycles. The smallest absolute Gasteiger partial charge is 0.253 e. The average Bonchev–Trinajstić information content (AvgIpc) is 3.17. The van der Waals surface area contributed by atoms with Gasteiger partial charge in [-0.3, -0.25) is 4.79 Å². The average molecular weight is 409 g/mol. The van der Waals surface area contributed by atoms with Gasteiger partial charge in [-0.15, -0.1) is 0 Å². The number of hydrogen-bond acceptors (Lipinski definition) is 5. The quantitative estimate of drug-likeness (QED) is 0.671. The van der Waals surface area contributed by atoms with Gasteiger partial charge < -0.3 is 14.8 Å². The lowest BCUT2D eigenvalue weighted by Crippen LogP contribution is -2.37. The van der Waals surface area contributed by atoms with E-state index in [0.717, 1.165) is 46.9 Å². The molecule has 0 radical (unpaired) electrons. The zero-order chi connectivity index (χ0) is 21.1. The normalized spacial score (nSPS) is 18.9. The minimum Gasteiger partial charge on any atom is -0.497 e. The van der Waals surface area contributed by atoms with Crippen molar-refractivity contribution in [2.75, 3.05) is 14.2 Å². The van der Waals surface area contributed by atoms with E-state index in [1.165, 1.54) is 12.8 Å². The predicted molar refractivity (Wildman–Crippen MR) is 115 cm³/mol. The maximum Gasteiger partial charge on any atom is 0.253 e. The minimum absolute atomic E-state index is 0.0615. The van der Waals surface area contributed by atoms with E-state index in [4.69, 9.17) is 9.47 Å². The van der Waals surface area contributed by atoms with Crippen LogP contribution in [0.25, 0.3) is 11.0 Å². The molecule has 1 aromatic carbocycles. The third kappa shape index (κ3) is 4.25. The van der Waals surface area contributed by atoms with E-state index >= 15 is 0 Å². The number of amides is 1. The lowest BCUT2D eigenvalue weighted by molar-refractivity contribution is 0.0923. The summed E-state index contributed by atoms with van der Waals surface area (Å²) in [5.41, 5.74) is 2.28. The number of nitrogens with zero attached hydrogens (tertiary/aromatic N) is 3. The van der Waals surface area contributed by atoms with Crippen molar-refractivity contribution >= 4 is 16.9 Å². The predicted octanol–water partition coefficient (Wildman–Crippen LogP) is 3.81. The van der Waals surface area contributed by atoms with E-state index in [1.54, 1.807) is 26.6 Å². The number of carbonyl (C=O) groups excluding carboxylic acids is 1. The third-order valence-corrected chi connectivity index (χ3v) is 5.90. The number of hydrogen-bond donors (Lipinski definition) is 1. The summed E-state index contributed by atoms with van der Waals surface area (Å²) in [7, 11) is 3.26. The molecule has 3 aromatic rings. The Labute approximate surface area is 176 Å². The molecule has 7 heteroatoms. The first-order valence-corrected chi connectivity index (χ1v) is 10.4. The molecule has 2 heterocycles. The zero-order valence-electron chi connectivity index (χ0n) is 17.7. The summed E-state index contributed by atoms with van der Waals surface area (Å²) >= 11 is 0. The Morgan fingerprint density at radius 2 is 1.93 bits per heavy atom. The lowest BCUT2D eigenvalue weighted by Gasteiger charge is -2.26. The monoisotopic (exact) mass is 408 g/mol. The minimum atomic E-state index is -0.0615. The summed E-state index contributed by atoms with van der Waals surface area (Å²) in [6, 6.07) is 7.82. The Kier molecular flexibility index (Phi) is 5.88. The van der Waals surface area contributed by atoms with Gasteiger partial charge in [0.2, 0.25) is 0 Å². The fraction of sp³-hybridized carbons (Fsp3) is 0.435. The SMILES string of the molecule is COc1ccc(Cn2ncc3cc(C(=O)NC4CCC(C)CC4)cnc32)c(OC)c1. The molecular weight excluding hydrogens is 380 g/mol. The van der Waals surface area contributed by atoms with Gasteiger partial charge in [-0.2, -0.15) is 5.10 Å². The Balaban J connectivity index is 1.50. The van der Waals surface area contributed by atoms with Gasteiger partial charge in [0.05, 0.1) is 32.5 Å². The molecule has 1 amide bonds. The van der Waals surface area contributed by atoms with Gasteiger partial charge in [-0.1, -0.05) is 6.92 Å². The Morgan fingerprint density at radius 3 is 2.67 bits per heavy atom. The van der Waals surface area contributed by atoms with Gasteiger partial charge in [0, 0.05) is 29.3 Å². The summed E-state index contributed by atoms with van der Waals surface area (Å²) in [4.78, 5) is 17.2. The van der Waals surface area contributed by atoms with Crippen LogP contribution in [0.5, 0.6) is 11.5 Å². The maximum absolute atomic E-state index is 12.7. The van der Waals surface area contributed by atoms with E-state index in [0.29, 0.717) is 12.1 Å². The Morgan fingerprint density at radius 1 is 1.13 bits per heavy atom. The Bertz CT molecular complexity index is 1040. The van der Waals surface area contributed by atoms with Gasteiger partial charge in [-0.25, -0.2) is 9.67 Å². The van der Waals surface area contributed by atoms with Crippen LogP contribution in [0, 0.1) is 5.92 Å². The van der Waals surface area contributed by atoms with Gasteiger partial charge in [0.15, 0.2) is 5.65 Å². The zero-order valence-corrected chi connectivity index (χ0v) is 17.7. The summed E-state index contributed by atoms with van der Waals surface area (Å²) in [6.07, 6.45) is 7.81. The van der Waals surface area contributed by atoms with Crippen LogP contribution >= 0.6 is 0 Å². The largest absolute Gasteiger partial charge is 0.497 e. The number of aromatic nitrogens is 3. The number of rotatable bonds is 6. The highest BCUT2D eigenvalue weighted by Gasteiger charge is 2.21. The molecular formula is C23H28N4O3. The highest BCUT2D eigenvalue weighted by molar-refractivity contribution is 5.97. The second-order valence-corrected chi connectivity index (χ2v) is 8.05. The van der Waals surface area contributed by atoms with Crippen LogP contribution in [0.1, 0.15) is 48.5 Å². The van der Waals surface area contributed by atoms with Crippen molar-refractivity contribution in [1.29, 1.82) is 0 Å². The van der Waals surface area contributed by atoms with Crippen molar-refractivity contribution in [3.8, 4) is 11.5 Å². The van der Waals surface area contributed by atoms with Crippen molar-refractivity contribution in [2.45, 2.75) is 45.2 Å². The summed E-state index contributed by atoms with van der Waals surface area (Å²) in [5.74, 6) is 2.16. The van der Waals surface area contributed by atoms with Gasteiger partial charge in [0.1, 0.15) is 11.5 Å². The van der Waals surface area contributed by atoms with Crippen LogP contribution in [-0.4, -0.2) is 40.9 Å². The van der Waals surface area contributed by atoms with Crippen LogP contribution in [0.15, 0.2) is 36.7 Å². The molecule has 0 spiro atoms. The number of benzene rings is 1. The maximum atomic E-state index is 12.7. The van der Waals surface area contributed by atoms with Crippen LogP contribution in [-0.2, 0) is 6.54 Å². The molecule has 0 bridgehead atoms. The van der Waals surface area contributed by atoms with Crippen LogP contribution in [0.2, 0.25) is 0 Å². The number of pyridine rings is 1. The molecule has 7 nitrogen and oxygen atoms in total. The van der Waals surface area contributed by atoms with Crippen LogP contribution in [0.3, 0.4) is 0 Å². The van der Waals surface area contributed by atoms with Crippen molar-refractivity contribution in [3.05, 3.63) is 47.8 Å². The second-order valence-electron chi connectivity index (χ2n) is 8.05. The number of nitrogens with one attached hydrogen (secondary N) is 1. The van der Waals surface area contributed by atoms with E-state index in [-0.39, 0.29) is 11.9 Å². The first-order chi connectivity index (χ1) is 14.6. The summed E-state index contributed by atoms with van der Waals surface area (Å²) in [6.45, 7) is 2.78. The fourth-order valence-electron chi connectivity index (χ4n) is 4.03. The van der Waals surface area contributed by atoms with E-state index in [1.807, 2.05) is 28.9 Å². The molecule has 1 saturated carbocycles. The van der Waals surface area contributed by atoms with Crippen LogP contribution < -0.4 is 14.8 Å². The third-order valence-electron chi connectivity index (χ3n) is 5.90. The van der Waals surface area contributed by atoms with E-state index in [9.17, 15) is 4.79 Å². The summed E-state index contributed by atoms with van der Waals surface area (Å²) in [5, 5.41) is 8.47. The molecule has 0 atom stereocenters. The molecule has 4 rings (SSSR count). The highest BCUT2D eigenvalue weighted by Crippen LogP contribution is 2.26. The van der Waals surface area contributed by atoms with Crippen molar-refractivity contribution in [2.24, 2.45) is 5.92 Å². The molecule has 1 aliphatic carbocycles. The lowest BCUT2D eigenvalue weighted by atomic mass is 9.87. The number of methoxy groups -OCH3 is 2. The number of fused-ring (bicyclic) bond motifs is 1. The van der Waals surface area contributed by atoms with Crippen molar-refractivity contribution in [3.63, 3.8) is 0 Å². The molecule has 0 saturated heterocycles. The molecule has 1 fully saturated rings. The number of carbonyl (C=O) groups is 1. The van der Waals surface area contributed by atoms with Gasteiger partial charge in [0.25, 0.3) is 5.91 Å². The topological polar surface area (TPSA) is 78.3 Å². The fourth-order valence-corrected chi connectivity index (χ4v) is 4.03. The molecule has 1 N–H and O–H groups in total. The first-order valence-electron chi connectivity index (χ1n) is 10.4. The van der Waals surface area contributed by atoms with Crippen molar-refractivity contribution < 1.29 is 14.3 Å². The molecule has 158 valence electrons.